The lowest BCUT2D eigenvalue weighted by molar-refractivity contribution is -0.143. The monoisotopic (exact) mass is 448 g/mol. The molecule has 140 valence electrons. The van der Waals surface area contributed by atoms with Crippen LogP contribution in [0, 0.1) is 0 Å². The van der Waals surface area contributed by atoms with Crippen LogP contribution in [0.3, 0.4) is 0 Å². The van der Waals surface area contributed by atoms with E-state index in [1.165, 1.54) is 11.3 Å². The maximum Gasteiger partial charge on any atom is 0.326 e. The summed E-state index contributed by atoms with van der Waals surface area (Å²) in [7, 11) is 1.56. The van der Waals surface area contributed by atoms with Gasteiger partial charge in [-0.05, 0) is 37.3 Å². The van der Waals surface area contributed by atoms with Crippen LogP contribution in [-0.4, -0.2) is 30.2 Å². The third-order valence-electron chi connectivity index (χ3n) is 3.75. The van der Waals surface area contributed by atoms with Gasteiger partial charge in [-0.1, -0.05) is 39.4 Å². The zero-order chi connectivity index (χ0) is 19.4. The lowest BCUT2D eigenvalue weighted by Crippen LogP contribution is -2.23. The van der Waals surface area contributed by atoms with E-state index in [1.54, 1.807) is 42.9 Å². The molecule has 0 aliphatic heterocycles. The van der Waals surface area contributed by atoms with E-state index in [2.05, 4.69) is 20.9 Å². The number of fused-ring (bicyclic) bond motifs is 1. The molecule has 3 aromatic rings. The summed E-state index contributed by atoms with van der Waals surface area (Å²) < 4.78 is 13.8. The Morgan fingerprint density at radius 2 is 2.00 bits per heavy atom. The first kappa shape index (κ1) is 19.3. The first-order valence-electron chi connectivity index (χ1n) is 8.20. The number of rotatable bonds is 5. The van der Waals surface area contributed by atoms with Crippen molar-refractivity contribution in [3.05, 3.63) is 57.3 Å². The number of para-hydroxylation sites is 1. The van der Waals surface area contributed by atoms with Crippen molar-refractivity contribution in [3.63, 3.8) is 0 Å². The van der Waals surface area contributed by atoms with Crippen molar-refractivity contribution < 1.29 is 19.1 Å². The Hall–Kier alpha value is -2.45. The van der Waals surface area contributed by atoms with E-state index in [4.69, 9.17) is 9.47 Å². The molecule has 27 heavy (non-hydrogen) atoms. The lowest BCUT2D eigenvalue weighted by Gasteiger charge is -2.08. The minimum Gasteiger partial charge on any atom is -0.495 e. The van der Waals surface area contributed by atoms with Crippen LogP contribution in [0.5, 0.6) is 5.75 Å². The number of carbonyl (C=O) groups is 2. The van der Waals surface area contributed by atoms with Crippen molar-refractivity contribution in [1.29, 1.82) is 0 Å². The molecule has 0 fully saturated rings. The highest BCUT2D eigenvalue weighted by Crippen LogP contribution is 2.27. The van der Waals surface area contributed by atoms with Crippen molar-refractivity contribution in [2.75, 3.05) is 13.7 Å². The average Bonchev–Trinajstić information content (AvgIpc) is 2.99. The number of amides is 1. The van der Waals surface area contributed by atoms with E-state index in [-0.39, 0.29) is 19.1 Å². The zero-order valence-corrected chi connectivity index (χ0v) is 17.2. The predicted octanol–water partition coefficient (Wildman–Crippen LogP) is 3.78. The summed E-state index contributed by atoms with van der Waals surface area (Å²) in [6.45, 7) is 1.97. The van der Waals surface area contributed by atoms with Crippen LogP contribution in [0.2, 0.25) is 0 Å². The molecular weight excluding hydrogens is 432 g/mol. The Morgan fingerprint density at radius 1 is 1.22 bits per heavy atom. The van der Waals surface area contributed by atoms with Crippen molar-refractivity contribution >= 4 is 49.4 Å². The van der Waals surface area contributed by atoms with Gasteiger partial charge in [-0.3, -0.25) is 9.59 Å². The number of ether oxygens (including phenoxy) is 2. The zero-order valence-electron chi connectivity index (χ0n) is 14.8. The average molecular weight is 449 g/mol. The van der Waals surface area contributed by atoms with Gasteiger partial charge in [0, 0.05) is 10.0 Å². The molecular formula is C19H17BrN2O4S. The molecule has 0 saturated heterocycles. The molecule has 6 nitrogen and oxygen atoms in total. The fourth-order valence-electron chi connectivity index (χ4n) is 2.60. The van der Waals surface area contributed by atoms with Crippen molar-refractivity contribution in [2.45, 2.75) is 13.5 Å². The van der Waals surface area contributed by atoms with Crippen LogP contribution in [-0.2, 0) is 16.1 Å². The Morgan fingerprint density at radius 3 is 2.70 bits per heavy atom. The molecule has 0 N–H and O–H groups in total. The summed E-state index contributed by atoms with van der Waals surface area (Å²) in [6, 6.07) is 12.6. The van der Waals surface area contributed by atoms with Crippen LogP contribution in [0.15, 0.2) is 51.9 Å². The number of halogens is 1. The summed E-state index contributed by atoms with van der Waals surface area (Å²) >= 11 is 4.67. The second-order valence-corrected chi connectivity index (χ2v) is 7.43. The van der Waals surface area contributed by atoms with Gasteiger partial charge < -0.3 is 14.0 Å². The molecule has 8 heteroatoms. The second-order valence-electron chi connectivity index (χ2n) is 5.51. The number of aromatic nitrogens is 1. The van der Waals surface area contributed by atoms with Crippen molar-refractivity contribution in [1.82, 2.24) is 4.57 Å². The van der Waals surface area contributed by atoms with Gasteiger partial charge in [-0.2, -0.15) is 4.99 Å². The van der Waals surface area contributed by atoms with Crippen LogP contribution in [0.4, 0.5) is 0 Å². The minimum atomic E-state index is -0.403. The van der Waals surface area contributed by atoms with E-state index in [0.29, 0.717) is 21.6 Å². The summed E-state index contributed by atoms with van der Waals surface area (Å²) in [5, 5.41) is 0. The maximum atomic E-state index is 12.6. The quantitative estimate of drug-likeness (QED) is 0.556. The Kier molecular flexibility index (Phi) is 6.08. The highest BCUT2D eigenvalue weighted by atomic mass is 79.9. The number of methoxy groups -OCH3 is 1. The third kappa shape index (κ3) is 4.28. The van der Waals surface area contributed by atoms with E-state index in [0.717, 1.165) is 9.17 Å². The number of thiazole rings is 1. The number of nitrogens with zero attached hydrogens (tertiary/aromatic N) is 2. The topological polar surface area (TPSA) is 69.9 Å². The van der Waals surface area contributed by atoms with Gasteiger partial charge >= 0.3 is 5.97 Å². The summed E-state index contributed by atoms with van der Waals surface area (Å²) in [5.74, 6) is -0.191. The Bertz CT molecular complexity index is 1070. The first-order valence-corrected chi connectivity index (χ1v) is 9.81. The molecule has 0 saturated carbocycles. The highest BCUT2D eigenvalue weighted by Gasteiger charge is 2.16. The number of benzene rings is 2. The number of esters is 1. The number of hydrogen-bond donors (Lipinski definition) is 0. The van der Waals surface area contributed by atoms with Crippen molar-refractivity contribution in [2.24, 2.45) is 4.99 Å². The fraction of sp³-hybridized carbons (Fsp3) is 0.211. The highest BCUT2D eigenvalue weighted by molar-refractivity contribution is 9.10. The second kappa shape index (κ2) is 8.49. The molecule has 1 aromatic heterocycles. The summed E-state index contributed by atoms with van der Waals surface area (Å²) in [5.41, 5.74) is 1.16. The van der Waals surface area contributed by atoms with Crippen LogP contribution in [0.1, 0.15) is 17.3 Å². The maximum absolute atomic E-state index is 12.6. The van der Waals surface area contributed by atoms with Crippen LogP contribution in [0.25, 0.3) is 10.2 Å². The Balaban J connectivity index is 2.16. The Labute approximate surface area is 168 Å². The molecule has 0 aliphatic rings. The van der Waals surface area contributed by atoms with Gasteiger partial charge in [-0.25, -0.2) is 0 Å². The van der Waals surface area contributed by atoms with E-state index in [1.807, 2.05) is 18.2 Å². The van der Waals surface area contributed by atoms with E-state index < -0.39 is 5.97 Å². The minimum absolute atomic E-state index is 0.0567. The van der Waals surface area contributed by atoms with Gasteiger partial charge in [0.25, 0.3) is 5.91 Å². The van der Waals surface area contributed by atoms with Crippen LogP contribution >= 0.6 is 27.3 Å². The molecule has 2 aromatic carbocycles. The molecule has 1 amide bonds. The number of hydrogen-bond acceptors (Lipinski definition) is 5. The molecule has 3 rings (SSSR count). The molecule has 1 heterocycles. The fourth-order valence-corrected chi connectivity index (χ4v) is 4.05. The molecule has 0 bridgehead atoms. The third-order valence-corrected chi connectivity index (χ3v) is 5.28. The lowest BCUT2D eigenvalue weighted by atomic mass is 10.2. The van der Waals surface area contributed by atoms with E-state index >= 15 is 0 Å². The van der Waals surface area contributed by atoms with Gasteiger partial charge in [0.15, 0.2) is 4.80 Å². The first-order chi connectivity index (χ1) is 13.0. The molecule has 0 spiro atoms. The summed E-state index contributed by atoms with van der Waals surface area (Å²) in [6.07, 6.45) is 0. The van der Waals surface area contributed by atoms with E-state index in [9.17, 15) is 9.59 Å². The normalized spacial score (nSPS) is 11.6. The largest absolute Gasteiger partial charge is 0.495 e. The standard InChI is InChI=1S/C19H17BrN2O4S/c1-3-26-16(23)11-22-17-14(25-2)8-5-9-15(17)27-19(22)21-18(24)12-6-4-7-13(20)10-12/h4-10H,3,11H2,1-2H3. The molecule has 0 atom stereocenters. The SMILES string of the molecule is CCOC(=O)Cn1c(=NC(=O)c2cccc(Br)c2)sc2cccc(OC)c21. The summed E-state index contributed by atoms with van der Waals surface area (Å²) in [4.78, 5) is 29.4. The van der Waals surface area contributed by atoms with Crippen LogP contribution < -0.4 is 9.54 Å². The van der Waals surface area contributed by atoms with Gasteiger partial charge in [-0.15, -0.1) is 0 Å². The predicted molar refractivity (Wildman–Crippen MR) is 107 cm³/mol. The molecule has 0 radical (unpaired) electrons. The smallest absolute Gasteiger partial charge is 0.326 e. The van der Waals surface area contributed by atoms with Gasteiger partial charge in [0.2, 0.25) is 0 Å². The molecule has 0 unspecified atom stereocenters. The molecule has 0 aliphatic carbocycles. The van der Waals surface area contributed by atoms with Crippen molar-refractivity contribution in [3.8, 4) is 5.75 Å². The van der Waals surface area contributed by atoms with Gasteiger partial charge in [0.1, 0.15) is 17.8 Å². The number of carbonyl (C=O) groups excluding carboxylic acids is 2. The van der Waals surface area contributed by atoms with Gasteiger partial charge in [0.05, 0.1) is 18.4 Å².